The van der Waals surface area contributed by atoms with Gasteiger partial charge >= 0.3 is 5.97 Å². The van der Waals surface area contributed by atoms with E-state index in [1.807, 2.05) is 37.3 Å². The minimum absolute atomic E-state index is 0.169. The number of nitrogens with zero attached hydrogens (tertiary/aromatic N) is 2. The lowest BCUT2D eigenvalue weighted by molar-refractivity contribution is 0.0687. The fraction of sp³-hybridized carbons (Fsp3) is 0.250. The first-order chi connectivity index (χ1) is 13.5. The van der Waals surface area contributed by atoms with Crippen LogP contribution in [0, 0.1) is 6.57 Å². The molecule has 1 N–H and O–H groups in total. The topological polar surface area (TPSA) is 46.6 Å². The molecule has 1 aromatic heterocycles. The van der Waals surface area contributed by atoms with Gasteiger partial charge in [-0.3, -0.25) is 0 Å². The normalized spacial score (nSPS) is 10.6. The van der Waals surface area contributed by atoms with Crippen molar-refractivity contribution in [2.75, 3.05) is 0 Å². The molecule has 0 saturated carbocycles. The van der Waals surface area contributed by atoms with Crippen LogP contribution in [0.25, 0.3) is 27.1 Å². The predicted molar refractivity (Wildman–Crippen MR) is 113 cm³/mol. The molecular formula is C24H24N2O2. The molecule has 142 valence electrons. The first kappa shape index (κ1) is 19.4. The standard InChI is InChI=1S/C24H24N2O2/c1-5-9-16-10-7-8-11-19(16)17-12-14-18(15-13-17)21-22(25-3)20(6-2)26(4)23(21)24(27)28/h7-8,10-15H,5-6,9H2,1-2,4H3,(H,27,28). The Labute approximate surface area is 165 Å². The molecule has 0 bridgehead atoms. The van der Waals surface area contributed by atoms with E-state index in [0.717, 1.165) is 29.7 Å². The van der Waals surface area contributed by atoms with E-state index in [1.165, 1.54) is 11.1 Å². The van der Waals surface area contributed by atoms with E-state index in [9.17, 15) is 9.90 Å². The molecule has 0 aliphatic heterocycles. The van der Waals surface area contributed by atoms with Gasteiger partial charge in [0.2, 0.25) is 5.69 Å². The fourth-order valence-corrected chi connectivity index (χ4v) is 3.87. The molecular weight excluding hydrogens is 348 g/mol. The Hall–Kier alpha value is -3.32. The average Bonchev–Trinajstić information content (AvgIpc) is 3.00. The van der Waals surface area contributed by atoms with Crippen molar-refractivity contribution in [2.45, 2.75) is 33.1 Å². The Morgan fingerprint density at radius 2 is 1.71 bits per heavy atom. The number of carboxylic acids is 1. The van der Waals surface area contributed by atoms with Gasteiger partial charge in [0.25, 0.3) is 0 Å². The van der Waals surface area contributed by atoms with E-state index < -0.39 is 5.97 Å². The third kappa shape index (κ3) is 3.32. The largest absolute Gasteiger partial charge is 0.477 e. The Morgan fingerprint density at radius 1 is 1.07 bits per heavy atom. The van der Waals surface area contributed by atoms with Crippen molar-refractivity contribution in [3.63, 3.8) is 0 Å². The number of carboxylic acid groups (broad SMARTS) is 1. The zero-order chi connectivity index (χ0) is 20.3. The van der Waals surface area contributed by atoms with Crippen molar-refractivity contribution >= 4 is 11.7 Å². The number of hydrogen-bond acceptors (Lipinski definition) is 1. The minimum Gasteiger partial charge on any atom is -0.477 e. The fourth-order valence-electron chi connectivity index (χ4n) is 3.87. The van der Waals surface area contributed by atoms with Crippen LogP contribution in [0.2, 0.25) is 0 Å². The van der Waals surface area contributed by atoms with Gasteiger partial charge < -0.3 is 9.67 Å². The predicted octanol–water partition coefficient (Wildman–Crippen LogP) is 6.12. The molecule has 0 fully saturated rings. The summed E-state index contributed by atoms with van der Waals surface area (Å²) < 4.78 is 1.63. The van der Waals surface area contributed by atoms with Gasteiger partial charge in [-0.15, -0.1) is 0 Å². The van der Waals surface area contributed by atoms with Crippen LogP contribution < -0.4 is 0 Å². The first-order valence-electron chi connectivity index (χ1n) is 9.54. The summed E-state index contributed by atoms with van der Waals surface area (Å²) in [5.41, 5.74) is 6.22. The van der Waals surface area contributed by atoms with Crippen molar-refractivity contribution in [3.05, 3.63) is 76.9 Å². The van der Waals surface area contributed by atoms with Crippen molar-refractivity contribution in [3.8, 4) is 22.3 Å². The summed E-state index contributed by atoms with van der Waals surface area (Å²) in [6.45, 7) is 11.7. The van der Waals surface area contributed by atoms with E-state index in [0.29, 0.717) is 17.7 Å². The molecule has 3 rings (SSSR count). The van der Waals surface area contributed by atoms with Gasteiger partial charge in [0, 0.05) is 18.3 Å². The SMILES string of the molecule is [C-]#[N+]c1c(-c2ccc(-c3ccccc3CCC)cc2)c(C(=O)O)n(C)c1CC. The molecule has 0 radical (unpaired) electrons. The lowest BCUT2D eigenvalue weighted by Crippen LogP contribution is -2.07. The Balaban J connectivity index is 2.14. The molecule has 0 amide bonds. The molecule has 0 saturated heterocycles. The molecule has 4 nitrogen and oxygen atoms in total. The van der Waals surface area contributed by atoms with E-state index in [4.69, 9.17) is 6.57 Å². The lowest BCUT2D eigenvalue weighted by Gasteiger charge is -2.10. The molecule has 1 heterocycles. The summed E-state index contributed by atoms with van der Waals surface area (Å²) in [5, 5.41) is 9.74. The van der Waals surface area contributed by atoms with Crippen molar-refractivity contribution in [1.29, 1.82) is 0 Å². The summed E-state index contributed by atoms with van der Waals surface area (Å²) in [7, 11) is 1.72. The quantitative estimate of drug-likeness (QED) is 0.530. The van der Waals surface area contributed by atoms with Crippen LogP contribution in [0.3, 0.4) is 0 Å². The lowest BCUT2D eigenvalue weighted by atomic mass is 9.94. The maximum atomic E-state index is 11.9. The van der Waals surface area contributed by atoms with E-state index in [-0.39, 0.29) is 5.69 Å². The summed E-state index contributed by atoms with van der Waals surface area (Å²) in [6.07, 6.45) is 2.70. The van der Waals surface area contributed by atoms with Gasteiger partial charge in [0.15, 0.2) is 0 Å². The van der Waals surface area contributed by atoms with Gasteiger partial charge in [-0.2, -0.15) is 0 Å². The Bertz CT molecular complexity index is 1050. The van der Waals surface area contributed by atoms with Crippen molar-refractivity contribution in [2.24, 2.45) is 7.05 Å². The highest BCUT2D eigenvalue weighted by molar-refractivity contribution is 6.00. The first-order valence-corrected chi connectivity index (χ1v) is 9.54. The number of hydrogen-bond donors (Lipinski definition) is 1. The molecule has 3 aromatic rings. The van der Waals surface area contributed by atoms with Crippen LogP contribution in [0.4, 0.5) is 5.69 Å². The zero-order valence-corrected chi connectivity index (χ0v) is 16.5. The molecule has 28 heavy (non-hydrogen) atoms. The second-order valence-corrected chi connectivity index (χ2v) is 6.83. The van der Waals surface area contributed by atoms with Gasteiger partial charge in [0.1, 0.15) is 5.69 Å². The average molecular weight is 372 g/mol. The summed E-state index contributed by atoms with van der Waals surface area (Å²) in [5.74, 6) is -1.01. The second kappa shape index (κ2) is 8.14. The van der Waals surface area contributed by atoms with Gasteiger partial charge in [-0.1, -0.05) is 68.8 Å². The van der Waals surface area contributed by atoms with Crippen LogP contribution in [-0.4, -0.2) is 15.6 Å². The van der Waals surface area contributed by atoms with E-state index in [2.05, 4.69) is 30.0 Å². The highest BCUT2D eigenvalue weighted by Gasteiger charge is 2.25. The summed E-state index contributed by atoms with van der Waals surface area (Å²) in [4.78, 5) is 15.6. The summed E-state index contributed by atoms with van der Waals surface area (Å²) >= 11 is 0. The molecule has 0 aliphatic rings. The van der Waals surface area contributed by atoms with Crippen LogP contribution in [0.15, 0.2) is 48.5 Å². The highest BCUT2D eigenvalue weighted by atomic mass is 16.4. The number of rotatable bonds is 6. The molecule has 2 aromatic carbocycles. The molecule has 4 heteroatoms. The van der Waals surface area contributed by atoms with Crippen LogP contribution in [0.5, 0.6) is 0 Å². The highest BCUT2D eigenvalue weighted by Crippen LogP contribution is 2.40. The molecule has 0 spiro atoms. The third-order valence-electron chi connectivity index (χ3n) is 5.16. The minimum atomic E-state index is -1.01. The third-order valence-corrected chi connectivity index (χ3v) is 5.16. The van der Waals surface area contributed by atoms with Crippen LogP contribution >= 0.6 is 0 Å². The number of aromatic nitrogens is 1. The van der Waals surface area contributed by atoms with Gasteiger partial charge in [0.05, 0.1) is 6.57 Å². The van der Waals surface area contributed by atoms with E-state index >= 15 is 0 Å². The van der Waals surface area contributed by atoms with E-state index in [1.54, 1.807) is 11.6 Å². The Kier molecular flexibility index (Phi) is 5.65. The van der Waals surface area contributed by atoms with Crippen molar-refractivity contribution in [1.82, 2.24) is 4.57 Å². The molecule has 0 atom stereocenters. The van der Waals surface area contributed by atoms with Gasteiger partial charge in [-0.25, -0.2) is 9.64 Å². The maximum absolute atomic E-state index is 11.9. The van der Waals surface area contributed by atoms with Crippen molar-refractivity contribution < 1.29 is 9.90 Å². The second-order valence-electron chi connectivity index (χ2n) is 6.83. The molecule has 0 unspecified atom stereocenters. The number of aryl methyl sites for hydroxylation is 1. The monoisotopic (exact) mass is 372 g/mol. The summed E-state index contributed by atoms with van der Waals surface area (Å²) in [6, 6.07) is 16.2. The Morgan fingerprint density at radius 3 is 2.29 bits per heavy atom. The zero-order valence-electron chi connectivity index (χ0n) is 16.5. The maximum Gasteiger partial charge on any atom is 0.351 e. The number of carbonyl (C=O) groups is 1. The van der Waals surface area contributed by atoms with Crippen LogP contribution in [-0.2, 0) is 19.9 Å². The number of aromatic carboxylic acids is 1. The van der Waals surface area contributed by atoms with Crippen LogP contribution in [0.1, 0.15) is 42.0 Å². The number of benzene rings is 2. The van der Waals surface area contributed by atoms with Gasteiger partial charge in [-0.05, 0) is 35.1 Å². The molecule has 0 aliphatic carbocycles. The smallest absolute Gasteiger partial charge is 0.351 e.